The average Bonchev–Trinajstić information content (AvgIpc) is 3.60. The number of para-hydroxylation sites is 1. The number of carbonyl (C=O) groups is 4. The van der Waals surface area contributed by atoms with Gasteiger partial charge in [-0.2, -0.15) is 5.01 Å². The van der Waals surface area contributed by atoms with Crippen molar-refractivity contribution in [3.05, 3.63) is 155 Å². The first kappa shape index (κ1) is 36.2. The van der Waals surface area contributed by atoms with E-state index in [4.69, 9.17) is 16.3 Å². The molecule has 0 radical (unpaired) electrons. The summed E-state index contributed by atoms with van der Waals surface area (Å²) in [4.78, 5) is 60.4. The second-order valence-electron chi connectivity index (χ2n) is 14.8. The van der Waals surface area contributed by atoms with Crippen molar-refractivity contribution in [2.45, 2.75) is 24.2 Å². The number of fused-ring (bicyclic) bond motifs is 4. The first-order chi connectivity index (χ1) is 27.6. The Morgan fingerprint density at radius 1 is 0.789 bits per heavy atom. The molecule has 286 valence electrons. The van der Waals surface area contributed by atoms with Gasteiger partial charge in [0.25, 0.3) is 11.8 Å². The highest BCUT2D eigenvalue weighted by Crippen LogP contribution is 2.65. The summed E-state index contributed by atoms with van der Waals surface area (Å²) < 4.78 is 19.3. The summed E-state index contributed by atoms with van der Waals surface area (Å²) in [7, 11) is 1.47. The van der Waals surface area contributed by atoms with Crippen LogP contribution in [0.1, 0.15) is 29.9 Å². The quantitative estimate of drug-likeness (QED) is 0.106. The van der Waals surface area contributed by atoms with E-state index < -0.39 is 52.6 Å². The van der Waals surface area contributed by atoms with Crippen LogP contribution in [0.4, 0.5) is 27.1 Å². The number of phenols is 1. The van der Waals surface area contributed by atoms with Crippen LogP contribution in [0.25, 0.3) is 0 Å². The first-order valence-electron chi connectivity index (χ1n) is 18.6. The van der Waals surface area contributed by atoms with Crippen molar-refractivity contribution >= 4 is 58.0 Å². The first-order valence-corrected chi connectivity index (χ1v) is 19.0. The third kappa shape index (κ3) is 5.75. The van der Waals surface area contributed by atoms with Crippen LogP contribution in [0.15, 0.2) is 133 Å². The van der Waals surface area contributed by atoms with E-state index >= 15 is 4.79 Å². The Morgan fingerprint density at radius 3 is 2.16 bits per heavy atom. The number of imide groups is 2. The fourth-order valence-corrected chi connectivity index (χ4v) is 9.66. The molecule has 5 aromatic carbocycles. The molecule has 4 amide bonds. The van der Waals surface area contributed by atoms with Crippen LogP contribution in [0.2, 0.25) is 5.02 Å². The number of halogens is 2. The van der Waals surface area contributed by atoms with Gasteiger partial charge in [0.1, 0.15) is 17.3 Å². The lowest BCUT2D eigenvalue weighted by Crippen LogP contribution is -2.53. The van der Waals surface area contributed by atoms with Gasteiger partial charge >= 0.3 is 0 Å². The van der Waals surface area contributed by atoms with E-state index in [2.05, 4.69) is 10.7 Å². The van der Waals surface area contributed by atoms with Gasteiger partial charge in [0.15, 0.2) is 0 Å². The number of methoxy groups -OCH3 is 1. The van der Waals surface area contributed by atoms with Gasteiger partial charge in [-0.25, -0.2) is 4.39 Å². The van der Waals surface area contributed by atoms with Crippen molar-refractivity contribution in [3.8, 4) is 11.5 Å². The second-order valence-corrected chi connectivity index (χ2v) is 15.3. The number of hydrogen-bond acceptors (Lipinski definition) is 8. The van der Waals surface area contributed by atoms with Crippen LogP contribution in [-0.4, -0.2) is 40.9 Å². The molecule has 3 fully saturated rings. The molecule has 10 nitrogen and oxygen atoms in total. The summed E-state index contributed by atoms with van der Waals surface area (Å²) in [5, 5.41) is 16.4. The van der Waals surface area contributed by atoms with Crippen molar-refractivity contribution in [3.63, 3.8) is 0 Å². The maximum atomic E-state index is 15.3. The maximum Gasteiger partial charge on any atom is 0.260 e. The summed E-state index contributed by atoms with van der Waals surface area (Å²) >= 11 is 6.38. The van der Waals surface area contributed by atoms with Crippen LogP contribution in [-0.2, 0) is 24.6 Å². The molecular formula is C45H36ClFN4O6. The molecule has 12 heteroatoms. The van der Waals surface area contributed by atoms with Crippen LogP contribution in [0.5, 0.6) is 11.5 Å². The van der Waals surface area contributed by atoms with Crippen LogP contribution >= 0.6 is 11.6 Å². The van der Waals surface area contributed by atoms with Crippen molar-refractivity contribution < 1.29 is 33.4 Å². The number of anilines is 4. The van der Waals surface area contributed by atoms with Gasteiger partial charge in [-0.15, -0.1) is 0 Å². The number of rotatable bonds is 8. The molecule has 9 rings (SSSR count). The normalized spacial score (nSPS) is 25.1. The molecule has 4 aliphatic rings. The Balaban J connectivity index is 1.16. The fraction of sp³-hybridized carbons (Fsp3) is 0.200. The SMILES string of the molecule is COc1ccc([C@H]2C3=CC[C@@H]4C(=O)N(c5ccc(Nc6ccccc6)cc5)C(=O)[C@@H]4[C@@H]3C[C@H]3C(=O)N(Nc4ccc(F)cc4)C(=O)[C@@]23c2ccc(Cl)cc2)c(O)c1. The molecule has 5 aromatic rings. The molecule has 0 bridgehead atoms. The summed E-state index contributed by atoms with van der Waals surface area (Å²) in [6, 6.07) is 33.5. The van der Waals surface area contributed by atoms with E-state index in [0.29, 0.717) is 38.8 Å². The van der Waals surface area contributed by atoms with E-state index in [1.54, 1.807) is 48.5 Å². The summed E-state index contributed by atoms with van der Waals surface area (Å²) in [6.07, 6.45) is 2.19. The Labute approximate surface area is 332 Å². The van der Waals surface area contributed by atoms with Gasteiger partial charge in [-0.05, 0) is 103 Å². The summed E-state index contributed by atoms with van der Waals surface area (Å²) in [5.41, 5.74) is 5.21. The van der Waals surface area contributed by atoms with Gasteiger partial charge in [0, 0.05) is 33.9 Å². The Bertz CT molecular complexity index is 2460. The number of ether oxygens (including phenoxy) is 1. The molecule has 2 aliphatic heterocycles. The van der Waals surface area contributed by atoms with Crippen LogP contribution in [0, 0.1) is 29.5 Å². The third-order valence-electron chi connectivity index (χ3n) is 12.0. The highest BCUT2D eigenvalue weighted by molar-refractivity contribution is 6.30. The van der Waals surface area contributed by atoms with Crippen molar-refractivity contribution in [2.75, 3.05) is 22.8 Å². The van der Waals surface area contributed by atoms with Gasteiger partial charge in [-0.3, -0.25) is 29.5 Å². The molecule has 0 aromatic heterocycles. The predicted molar refractivity (Wildman–Crippen MR) is 212 cm³/mol. The highest BCUT2D eigenvalue weighted by Gasteiger charge is 2.70. The van der Waals surface area contributed by atoms with E-state index in [1.165, 1.54) is 42.3 Å². The van der Waals surface area contributed by atoms with Gasteiger partial charge in [-0.1, -0.05) is 59.6 Å². The number of nitrogens with zero attached hydrogens (tertiary/aromatic N) is 2. The zero-order valence-electron chi connectivity index (χ0n) is 30.6. The zero-order chi connectivity index (χ0) is 39.6. The molecule has 3 N–H and O–H groups in total. The smallest absolute Gasteiger partial charge is 0.260 e. The van der Waals surface area contributed by atoms with Gasteiger partial charge in [0.2, 0.25) is 11.8 Å². The molecule has 2 heterocycles. The van der Waals surface area contributed by atoms with E-state index in [-0.39, 0.29) is 30.4 Å². The molecule has 1 saturated carbocycles. The van der Waals surface area contributed by atoms with Crippen molar-refractivity contribution in [1.82, 2.24) is 5.01 Å². The highest BCUT2D eigenvalue weighted by atomic mass is 35.5. The lowest BCUT2D eigenvalue weighted by molar-refractivity contribution is -0.138. The largest absolute Gasteiger partial charge is 0.508 e. The summed E-state index contributed by atoms with van der Waals surface area (Å²) in [6.45, 7) is 0. The van der Waals surface area contributed by atoms with Crippen molar-refractivity contribution in [2.24, 2.45) is 23.7 Å². The molecule has 57 heavy (non-hydrogen) atoms. The lowest BCUT2D eigenvalue weighted by atomic mass is 9.49. The van der Waals surface area contributed by atoms with E-state index in [1.807, 2.05) is 48.5 Å². The molecule has 0 spiro atoms. The van der Waals surface area contributed by atoms with Crippen LogP contribution < -0.4 is 20.4 Å². The predicted octanol–water partition coefficient (Wildman–Crippen LogP) is 8.13. The number of allylic oxidation sites excluding steroid dienone is 2. The van der Waals surface area contributed by atoms with Gasteiger partial charge < -0.3 is 15.2 Å². The zero-order valence-corrected chi connectivity index (χ0v) is 31.3. The monoisotopic (exact) mass is 782 g/mol. The molecular weight excluding hydrogens is 747 g/mol. The Kier molecular flexibility index (Phi) is 8.85. The number of hydrogen-bond donors (Lipinski definition) is 3. The van der Waals surface area contributed by atoms with E-state index in [9.17, 15) is 23.9 Å². The minimum atomic E-state index is -1.64. The molecule has 0 unspecified atom stereocenters. The number of nitrogens with one attached hydrogen (secondary N) is 2. The number of benzene rings is 5. The molecule has 2 aliphatic carbocycles. The number of amides is 4. The Morgan fingerprint density at radius 2 is 1.47 bits per heavy atom. The molecule has 6 atom stereocenters. The topological polar surface area (TPSA) is 128 Å². The standard InChI is InChI=1S/C45H36ClFN4O6/c1-57-32-19-20-34(38(52)23-32)40-33-21-22-35-39(43(55)50(41(35)53)31-17-15-29(16-18-31)48-28-5-3-2-4-6-28)36(33)24-37-42(54)51(49-30-13-11-27(47)12-14-30)44(56)45(37,40)25-7-9-26(46)10-8-25/h2-21,23,35-37,39-40,48-49,52H,22,24H2,1H3/t35-,36+,37-,39-,40+,45+/m0/s1. The van der Waals surface area contributed by atoms with Crippen LogP contribution in [0.3, 0.4) is 0 Å². The fourth-order valence-electron chi connectivity index (χ4n) is 9.53. The number of aromatic hydroxyl groups is 1. The van der Waals surface area contributed by atoms with E-state index in [0.717, 1.165) is 16.4 Å². The van der Waals surface area contributed by atoms with Crippen molar-refractivity contribution in [1.29, 1.82) is 0 Å². The molecule has 2 saturated heterocycles. The third-order valence-corrected chi connectivity index (χ3v) is 12.2. The lowest BCUT2D eigenvalue weighted by Gasteiger charge is -2.50. The average molecular weight is 783 g/mol. The summed E-state index contributed by atoms with van der Waals surface area (Å²) in [5.74, 6) is -6.38. The minimum absolute atomic E-state index is 0.0575. The Hall–Kier alpha value is -6.46. The van der Waals surface area contributed by atoms with Gasteiger partial charge in [0.05, 0.1) is 41.7 Å². The minimum Gasteiger partial charge on any atom is -0.508 e. The second kappa shape index (κ2) is 13.9. The number of hydrazine groups is 1. The maximum absolute atomic E-state index is 15.3. The number of phenolic OH excluding ortho intramolecular Hbond substituents is 1. The number of carbonyl (C=O) groups excluding carboxylic acids is 4.